The van der Waals surface area contributed by atoms with Crippen molar-refractivity contribution >= 4 is 11.6 Å². The first-order valence-electron chi connectivity index (χ1n) is 6.93. The lowest BCUT2D eigenvalue weighted by Gasteiger charge is -2.20. The second-order valence-corrected chi connectivity index (χ2v) is 6.31. The quantitative estimate of drug-likeness (QED) is 0.910. The molecule has 112 valence electrons. The van der Waals surface area contributed by atoms with Gasteiger partial charge in [-0.25, -0.2) is 0 Å². The first-order chi connectivity index (χ1) is 9.79. The van der Waals surface area contributed by atoms with E-state index in [0.29, 0.717) is 17.9 Å². The molecule has 0 bridgehead atoms. The Bertz CT molecular complexity index is 622. The maximum absolute atomic E-state index is 12.2. The van der Waals surface area contributed by atoms with Crippen molar-refractivity contribution in [3.8, 4) is 0 Å². The molecule has 3 N–H and O–H groups in total. The lowest BCUT2D eigenvalue weighted by Crippen LogP contribution is -2.27. The van der Waals surface area contributed by atoms with E-state index in [-0.39, 0.29) is 11.3 Å². The van der Waals surface area contributed by atoms with Crippen LogP contribution in [0.15, 0.2) is 30.5 Å². The van der Waals surface area contributed by atoms with Crippen LogP contribution in [0.2, 0.25) is 0 Å². The molecule has 0 spiro atoms. The van der Waals surface area contributed by atoms with Gasteiger partial charge >= 0.3 is 0 Å². The Labute approximate surface area is 125 Å². The van der Waals surface area contributed by atoms with Crippen LogP contribution < -0.4 is 5.73 Å². The summed E-state index contributed by atoms with van der Waals surface area (Å²) in [4.78, 5) is 13.9. The van der Waals surface area contributed by atoms with Crippen molar-refractivity contribution < 1.29 is 4.79 Å². The largest absolute Gasteiger partial charge is 0.396 e. The van der Waals surface area contributed by atoms with Crippen molar-refractivity contribution in [1.29, 1.82) is 0 Å². The minimum Gasteiger partial charge on any atom is -0.396 e. The predicted octanol–water partition coefficient (Wildman–Crippen LogP) is 2.56. The van der Waals surface area contributed by atoms with Gasteiger partial charge in [-0.2, -0.15) is 5.10 Å². The summed E-state index contributed by atoms with van der Waals surface area (Å²) in [7, 11) is 1.75. The number of hydrogen-bond donors (Lipinski definition) is 2. The third kappa shape index (κ3) is 3.42. The maximum atomic E-state index is 12.2. The van der Waals surface area contributed by atoms with Crippen molar-refractivity contribution in [1.82, 2.24) is 15.1 Å². The van der Waals surface area contributed by atoms with E-state index >= 15 is 0 Å². The molecule has 1 heterocycles. The average molecular weight is 286 g/mol. The van der Waals surface area contributed by atoms with Gasteiger partial charge in [-0.3, -0.25) is 9.89 Å². The van der Waals surface area contributed by atoms with Crippen molar-refractivity contribution in [3.05, 3.63) is 47.3 Å². The van der Waals surface area contributed by atoms with Crippen LogP contribution >= 0.6 is 0 Å². The highest BCUT2D eigenvalue weighted by Crippen LogP contribution is 2.22. The standard InChI is InChI=1S/C16H22N4O/c1-16(2,3)12-7-5-11(6-8-12)10-20(4)15(21)14-13(17)9-18-19-14/h5-9H,10,17H2,1-4H3,(H,18,19). The van der Waals surface area contributed by atoms with Gasteiger partial charge in [0.15, 0.2) is 0 Å². The first-order valence-corrected chi connectivity index (χ1v) is 6.93. The van der Waals surface area contributed by atoms with Gasteiger partial charge in [0.2, 0.25) is 0 Å². The van der Waals surface area contributed by atoms with E-state index in [2.05, 4.69) is 55.2 Å². The highest BCUT2D eigenvalue weighted by Gasteiger charge is 2.17. The molecule has 0 saturated carbocycles. The molecule has 0 aliphatic carbocycles. The molecule has 2 rings (SSSR count). The number of nitrogen functional groups attached to an aromatic ring is 1. The van der Waals surface area contributed by atoms with Gasteiger partial charge in [0.05, 0.1) is 11.9 Å². The average Bonchev–Trinajstić information content (AvgIpc) is 2.83. The minimum absolute atomic E-state index is 0.130. The number of carbonyl (C=O) groups excluding carboxylic acids is 1. The third-order valence-corrected chi connectivity index (χ3v) is 3.47. The highest BCUT2D eigenvalue weighted by atomic mass is 16.2. The van der Waals surface area contributed by atoms with E-state index in [1.165, 1.54) is 11.8 Å². The lowest BCUT2D eigenvalue weighted by atomic mass is 9.87. The molecule has 5 heteroatoms. The number of H-pyrrole nitrogens is 1. The highest BCUT2D eigenvalue weighted by molar-refractivity contribution is 5.96. The second-order valence-electron chi connectivity index (χ2n) is 6.31. The molecule has 2 aromatic rings. The molecule has 1 aromatic carbocycles. The molecule has 0 aliphatic rings. The number of hydrogen-bond acceptors (Lipinski definition) is 3. The van der Waals surface area contributed by atoms with Crippen LogP contribution in [0.4, 0.5) is 5.69 Å². The van der Waals surface area contributed by atoms with Crippen LogP contribution in [0, 0.1) is 0 Å². The molecular weight excluding hydrogens is 264 g/mol. The third-order valence-electron chi connectivity index (χ3n) is 3.47. The van der Waals surface area contributed by atoms with Gasteiger partial charge in [0.25, 0.3) is 5.91 Å². The number of nitrogens with one attached hydrogen (secondary N) is 1. The summed E-state index contributed by atoms with van der Waals surface area (Å²) >= 11 is 0. The molecule has 0 unspecified atom stereocenters. The zero-order valence-corrected chi connectivity index (χ0v) is 13.0. The monoisotopic (exact) mass is 286 g/mol. The molecule has 5 nitrogen and oxygen atoms in total. The van der Waals surface area contributed by atoms with Crippen LogP contribution in [0.25, 0.3) is 0 Å². The van der Waals surface area contributed by atoms with E-state index in [4.69, 9.17) is 5.73 Å². The zero-order valence-electron chi connectivity index (χ0n) is 13.0. The topological polar surface area (TPSA) is 75.0 Å². The van der Waals surface area contributed by atoms with Gasteiger partial charge < -0.3 is 10.6 Å². The molecule has 0 aliphatic heterocycles. The number of rotatable bonds is 3. The summed E-state index contributed by atoms with van der Waals surface area (Å²) in [5.41, 5.74) is 8.89. The Hall–Kier alpha value is -2.30. The summed E-state index contributed by atoms with van der Waals surface area (Å²) in [6.45, 7) is 7.07. The lowest BCUT2D eigenvalue weighted by molar-refractivity contribution is 0.0780. The molecule has 0 saturated heterocycles. The Morgan fingerprint density at radius 3 is 2.38 bits per heavy atom. The number of amides is 1. The van der Waals surface area contributed by atoms with Crippen LogP contribution in [0.1, 0.15) is 42.4 Å². The molecule has 0 fully saturated rings. The second kappa shape index (κ2) is 5.60. The summed E-state index contributed by atoms with van der Waals surface area (Å²) in [6.07, 6.45) is 1.44. The SMILES string of the molecule is CN(Cc1ccc(C(C)(C)C)cc1)C(=O)c1[nH]ncc1N. The van der Waals surface area contributed by atoms with Crippen molar-refractivity contribution in [2.45, 2.75) is 32.7 Å². The fourth-order valence-electron chi connectivity index (χ4n) is 2.11. The molecule has 21 heavy (non-hydrogen) atoms. The van der Waals surface area contributed by atoms with Gasteiger partial charge in [-0.15, -0.1) is 0 Å². The van der Waals surface area contributed by atoms with Gasteiger partial charge in [0, 0.05) is 13.6 Å². The van der Waals surface area contributed by atoms with Crippen LogP contribution in [-0.4, -0.2) is 28.1 Å². The van der Waals surface area contributed by atoms with Crippen LogP contribution in [0.5, 0.6) is 0 Å². The Morgan fingerprint density at radius 1 is 1.29 bits per heavy atom. The predicted molar refractivity (Wildman–Crippen MR) is 83.9 cm³/mol. The molecule has 0 radical (unpaired) electrons. The number of nitrogens with two attached hydrogens (primary N) is 1. The van der Waals surface area contributed by atoms with E-state index < -0.39 is 0 Å². The maximum Gasteiger partial charge on any atom is 0.274 e. The minimum atomic E-state index is -0.162. The smallest absolute Gasteiger partial charge is 0.274 e. The van der Waals surface area contributed by atoms with Gasteiger partial charge in [0.1, 0.15) is 5.69 Å². The van der Waals surface area contributed by atoms with Gasteiger partial charge in [-0.05, 0) is 16.5 Å². The van der Waals surface area contributed by atoms with Crippen molar-refractivity contribution in [3.63, 3.8) is 0 Å². The Balaban J connectivity index is 2.08. The van der Waals surface area contributed by atoms with E-state index in [1.807, 2.05) is 0 Å². The molecule has 1 aromatic heterocycles. The normalized spacial score (nSPS) is 11.4. The van der Waals surface area contributed by atoms with Crippen molar-refractivity contribution in [2.24, 2.45) is 0 Å². The fraction of sp³-hybridized carbons (Fsp3) is 0.375. The van der Waals surface area contributed by atoms with Gasteiger partial charge in [-0.1, -0.05) is 45.0 Å². The number of anilines is 1. The zero-order chi connectivity index (χ0) is 15.6. The van der Waals surface area contributed by atoms with Crippen molar-refractivity contribution in [2.75, 3.05) is 12.8 Å². The first kappa shape index (κ1) is 15.1. The van der Waals surface area contributed by atoms with Crippen LogP contribution in [-0.2, 0) is 12.0 Å². The molecule has 1 amide bonds. The summed E-state index contributed by atoms with van der Waals surface area (Å²) in [5.74, 6) is -0.162. The fourth-order valence-corrected chi connectivity index (χ4v) is 2.11. The summed E-state index contributed by atoms with van der Waals surface area (Å²) < 4.78 is 0. The Morgan fingerprint density at radius 2 is 1.90 bits per heavy atom. The van der Waals surface area contributed by atoms with Crippen LogP contribution in [0.3, 0.4) is 0 Å². The van der Waals surface area contributed by atoms with E-state index in [9.17, 15) is 4.79 Å². The Kier molecular flexibility index (Phi) is 4.02. The number of nitrogens with zero attached hydrogens (tertiary/aromatic N) is 2. The summed E-state index contributed by atoms with van der Waals surface area (Å²) in [6, 6.07) is 8.33. The number of benzene rings is 1. The molecule has 0 atom stereocenters. The number of carbonyl (C=O) groups is 1. The number of aromatic amines is 1. The number of aromatic nitrogens is 2. The summed E-state index contributed by atoms with van der Waals surface area (Å²) in [5, 5.41) is 6.41. The molecular formula is C16H22N4O. The van der Waals surface area contributed by atoms with E-state index in [0.717, 1.165) is 5.56 Å². The van der Waals surface area contributed by atoms with E-state index in [1.54, 1.807) is 11.9 Å².